The van der Waals surface area contributed by atoms with Crippen molar-refractivity contribution in [2.45, 2.75) is 44.6 Å². The SMILES string of the molecule is COc1c2c(cc3c1[C@H](CC(=O)c1ccc4c(c1)CCCC4)[NH+](C)CC3)OCO2. The van der Waals surface area contributed by atoms with Crippen LogP contribution in [0.15, 0.2) is 24.3 Å². The number of methoxy groups -OCH3 is 1. The first kappa shape index (κ1) is 18.5. The standard InChI is InChI=1S/C24H27NO4/c1-25-10-9-18-12-21-23(29-14-28-21)24(27-2)22(18)19(25)13-20(26)17-8-7-15-5-3-4-6-16(15)11-17/h7-8,11-12,19H,3-6,9-10,13-14H2,1-2H3/p+1/t19-/m0/s1. The van der Waals surface area contributed by atoms with E-state index in [1.54, 1.807) is 7.11 Å². The number of hydrogen-bond acceptors (Lipinski definition) is 4. The molecular formula is C24H28NO4+. The van der Waals surface area contributed by atoms with E-state index < -0.39 is 0 Å². The minimum atomic E-state index is 0.0479. The molecule has 2 aromatic carbocycles. The molecule has 0 spiro atoms. The zero-order valence-electron chi connectivity index (χ0n) is 17.2. The van der Waals surface area contributed by atoms with Crippen molar-refractivity contribution in [1.29, 1.82) is 0 Å². The highest BCUT2D eigenvalue weighted by Crippen LogP contribution is 2.48. The van der Waals surface area contributed by atoms with Gasteiger partial charge in [0.15, 0.2) is 17.3 Å². The third-order valence-corrected chi connectivity index (χ3v) is 6.74. The van der Waals surface area contributed by atoms with Gasteiger partial charge in [-0.1, -0.05) is 12.1 Å². The summed E-state index contributed by atoms with van der Waals surface area (Å²) in [4.78, 5) is 14.6. The number of fused-ring (bicyclic) bond motifs is 3. The molecule has 2 aromatic rings. The van der Waals surface area contributed by atoms with Gasteiger partial charge in [0.1, 0.15) is 6.04 Å². The molecule has 0 radical (unpaired) electrons. The lowest BCUT2D eigenvalue weighted by Crippen LogP contribution is -3.10. The Morgan fingerprint density at radius 1 is 1.10 bits per heavy atom. The summed E-state index contributed by atoms with van der Waals surface area (Å²) in [7, 11) is 3.83. The van der Waals surface area contributed by atoms with E-state index in [1.807, 2.05) is 6.07 Å². The Bertz CT molecular complexity index is 968. The van der Waals surface area contributed by atoms with Gasteiger partial charge in [-0.05, 0) is 54.5 Å². The second-order valence-corrected chi connectivity index (χ2v) is 8.43. The van der Waals surface area contributed by atoms with Gasteiger partial charge in [-0.25, -0.2) is 0 Å². The van der Waals surface area contributed by atoms with E-state index in [2.05, 4.69) is 25.2 Å². The molecule has 2 atom stereocenters. The quantitative estimate of drug-likeness (QED) is 0.810. The minimum absolute atomic E-state index is 0.0479. The molecule has 2 heterocycles. The van der Waals surface area contributed by atoms with Gasteiger partial charge in [0.25, 0.3) is 0 Å². The van der Waals surface area contributed by atoms with E-state index in [1.165, 1.54) is 34.4 Å². The van der Waals surface area contributed by atoms with Crippen LogP contribution in [0.1, 0.15) is 57.9 Å². The van der Waals surface area contributed by atoms with Crippen molar-refractivity contribution in [2.75, 3.05) is 27.5 Å². The lowest BCUT2D eigenvalue weighted by molar-refractivity contribution is -0.913. The van der Waals surface area contributed by atoms with Gasteiger partial charge in [-0.3, -0.25) is 4.79 Å². The van der Waals surface area contributed by atoms with Crippen LogP contribution in [0.4, 0.5) is 0 Å². The normalized spacial score (nSPS) is 22.0. The number of carbonyl (C=O) groups excluding carboxylic acids is 1. The summed E-state index contributed by atoms with van der Waals surface area (Å²) in [6.07, 6.45) is 6.11. The predicted octanol–water partition coefficient (Wildman–Crippen LogP) is 2.69. The largest absolute Gasteiger partial charge is 0.492 e. The maximum atomic E-state index is 13.3. The van der Waals surface area contributed by atoms with Crippen LogP contribution in [0.5, 0.6) is 17.2 Å². The Morgan fingerprint density at radius 3 is 2.76 bits per heavy atom. The molecule has 3 aliphatic rings. The number of hydrogen-bond donors (Lipinski definition) is 1. The van der Waals surface area contributed by atoms with Crippen molar-refractivity contribution >= 4 is 5.78 Å². The van der Waals surface area contributed by atoms with Crippen LogP contribution in [0, 0.1) is 0 Å². The van der Waals surface area contributed by atoms with E-state index in [0.717, 1.165) is 48.4 Å². The zero-order valence-corrected chi connectivity index (χ0v) is 17.2. The lowest BCUT2D eigenvalue weighted by atomic mass is 9.86. The lowest BCUT2D eigenvalue weighted by Gasteiger charge is -2.32. The van der Waals surface area contributed by atoms with E-state index in [9.17, 15) is 4.79 Å². The second-order valence-electron chi connectivity index (χ2n) is 8.43. The first-order valence-electron chi connectivity index (χ1n) is 10.6. The van der Waals surface area contributed by atoms with Gasteiger partial charge in [0.05, 0.1) is 32.7 Å². The molecule has 152 valence electrons. The first-order chi connectivity index (χ1) is 14.2. The second kappa shape index (κ2) is 7.38. The smallest absolute Gasteiger partial charge is 0.231 e. The molecule has 0 aromatic heterocycles. The number of likely N-dealkylation sites (N-methyl/N-ethyl adjacent to an activating group) is 1. The fourth-order valence-corrected chi connectivity index (χ4v) is 5.11. The molecule has 0 saturated carbocycles. The summed E-state index contributed by atoms with van der Waals surface area (Å²) in [6, 6.07) is 8.43. The fraction of sp³-hybridized carbons (Fsp3) is 0.458. The molecule has 5 nitrogen and oxygen atoms in total. The molecule has 1 unspecified atom stereocenters. The topological polar surface area (TPSA) is 49.2 Å². The van der Waals surface area contributed by atoms with Gasteiger partial charge < -0.3 is 19.1 Å². The van der Waals surface area contributed by atoms with Crippen molar-refractivity contribution in [1.82, 2.24) is 0 Å². The Hall–Kier alpha value is -2.53. The summed E-state index contributed by atoms with van der Waals surface area (Å²) in [5.74, 6) is 2.36. The van der Waals surface area contributed by atoms with Crippen molar-refractivity contribution < 1.29 is 23.9 Å². The van der Waals surface area contributed by atoms with Crippen LogP contribution in [0.2, 0.25) is 0 Å². The first-order valence-corrected chi connectivity index (χ1v) is 10.6. The molecule has 0 amide bonds. The van der Waals surface area contributed by atoms with Crippen molar-refractivity contribution in [3.63, 3.8) is 0 Å². The Kier molecular flexibility index (Phi) is 4.70. The molecule has 1 N–H and O–H groups in total. The van der Waals surface area contributed by atoms with Crippen LogP contribution < -0.4 is 19.1 Å². The summed E-state index contributed by atoms with van der Waals surface area (Å²) in [5, 5.41) is 0. The number of aryl methyl sites for hydroxylation is 2. The monoisotopic (exact) mass is 394 g/mol. The van der Waals surface area contributed by atoms with Gasteiger partial charge in [0.2, 0.25) is 12.5 Å². The van der Waals surface area contributed by atoms with E-state index >= 15 is 0 Å². The van der Waals surface area contributed by atoms with Gasteiger partial charge >= 0.3 is 0 Å². The summed E-state index contributed by atoms with van der Waals surface area (Å²) in [6.45, 7) is 1.20. The van der Waals surface area contributed by atoms with Gasteiger partial charge in [0, 0.05) is 12.0 Å². The number of benzene rings is 2. The van der Waals surface area contributed by atoms with Crippen molar-refractivity contribution in [3.8, 4) is 17.2 Å². The number of ketones is 1. The molecule has 0 bridgehead atoms. The molecule has 0 saturated heterocycles. The van der Waals surface area contributed by atoms with Crippen LogP contribution in [-0.4, -0.2) is 33.3 Å². The molecule has 1 aliphatic carbocycles. The maximum absolute atomic E-state index is 13.3. The Balaban J connectivity index is 1.48. The van der Waals surface area contributed by atoms with Crippen LogP contribution in [0.3, 0.4) is 0 Å². The number of ether oxygens (including phenoxy) is 3. The van der Waals surface area contributed by atoms with Crippen LogP contribution in [-0.2, 0) is 19.3 Å². The van der Waals surface area contributed by atoms with E-state index in [0.29, 0.717) is 12.2 Å². The molecule has 5 rings (SSSR count). The third kappa shape index (κ3) is 3.18. The van der Waals surface area contributed by atoms with Crippen LogP contribution >= 0.6 is 0 Å². The summed E-state index contributed by atoms with van der Waals surface area (Å²) in [5.41, 5.74) is 5.91. The zero-order chi connectivity index (χ0) is 20.0. The molecule has 2 aliphatic heterocycles. The highest BCUT2D eigenvalue weighted by Gasteiger charge is 2.37. The Labute approximate surface area is 171 Å². The van der Waals surface area contributed by atoms with E-state index in [4.69, 9.17) is 14.2 Å². The average Bonchev–Trinajstić information content (AvgIpc) is 3.22. The van der Waals surface area contributed by atoms with Crippen LogP contribution in [0.25, 0.3) is 0 Å². The summed E-state index contributed by atoms with van der Waals surface area (Å²) >= 11 is 0. The molecular weight excluding hydrogens is 366 g/mol. The maximum Gasteiger partial charge on any atom is 0.231 e. The number of rotatable bonds is 4. The van der Waals surface area contributed by atoms with E-state index in [-0.39, 0.29) is 18.6 Å². The molecule has 29 heavy (non-hydrogen) atoms. The summed E-state index contributed by atoms with van der Waals surface area (Å²) < 4.78 is 17.0. The van der Waals surface area contributed by atoms with Gasteiger partial charge in [-0.15, -0.1) is 0 Å². The van der Waals surface area contributed by atoms with Crippen molar-refractivity contribution in [2.24, 2.45) is 0 Å². The predicted molar refractivity (Wildman–Crippen MR) is 109 cm³/mol. The fourth-order valence-electron chi connectivity index (χ4n) is 5.11. The van der Waals surface area contributed by atoms with Gasteiger partial charge in [-0.2, -0.15) is 0 Å². The third-order valence-electron chi connectivity index (χ3n) is 6.74. The number of carbonyl (C=O) groups is 1. The Morgan fingerprint density at radius 2 is 1.93 bits per heavy atom. The molecule has 5 heteroatoms. The highest BCUT2D eigenvalue weighted by molar-refractivity contribution is 5.96. The number of quaternary nitrogens is 1. The number of Topliss-reactive ketones (excluding diaryl/α,β-unsaturated/α-hetero) is 1. The van der Waals surface area contributed by atoms with Crippen molar-refractivity contribution in [3.05, 3.63) is 52.1 Å². The average molecular weight is 394 g/mol. The number of nitrogens with one attached hydrogen (secondary N) is 1. The minimum Gasteiger partial charge on any atom is -0.492 e. The molecule has 0 fully saturated rings. The highest BCUT2D eigenvalue weighted by atomic mass is 16.7.